The maximum Gasteiger partial charge on any atom is 0.305 e. The first-order valence-corrected chi connectivity index (χ1v) is 23.5. The average molecular weight is 927 g/mol. The number of rotatable bonds is 25. The standard InChI is InChI=1S/C53H66O14/c1-37(54)63-48-46-43(36-62-51(66-46)41-28-18-11-19-29-41)64-52(59-31-21-7-5-4-6-20-30-44(55)56-2)50(48)67-53-49(61-34-40-26-16-10-17-27-40)47(57-3)45(60-33-39-24-14-9-15-25-39)42(65-53)35-58-32-38-22-12-8-13-23-38/h8-19,22-29,42-43,45-53H,4-7,20-21,30-36H2,1-3H3/t42-,43-,45-,46-,47+,48+,49-,50-,51?,52+,53-/m1/s1. The Morgan fingerprint density at radius 1 is 0.582 bits per heavy atom. The van der Waals surface area contributed by atoms with Gasteiger partial charge in [-0.15, -0.1) is 0 Å². The summed E-state index contributed by atoms with van der Waals surface area (Å²) >= 11 is 0. The van der Waals surface area contributed by atoms with Crippen molar-refractivity contribution >= 4 is 11.9 Å². The zero-order chi connectivity index (χ0) is 46.6. The summed E-state index contributed by atoms with van der Waals surface area (Å²) in [5.41, 5.74) is 3.71. The first kappa shape index (κ1) is 50.3. The van der Waals surface area contributed by atoms with Crippen molar-refractivity contribution in [3.63, 3.8) is 0 Å². The van der Waals surface area contributed by atoms with E-state index in [1.807, 2.05) is 121 Å². The van der Waals surface area contributed by atoms with Crippen LogP contribution in [0.5, 0.6) is 0 Å². The van der Waals surface area contributed by atoms with Gasteiger partial charge in [-0.2, -0.15) is 0 Å². The molecule has 7 rings (SSSR count). The van der Waals surface area contributed by atoms with E-state index in [0.717, 1.165) is 60.8 Å². The van der Waals surface area contributed by atoms with E-state index in [1.165, 1.54) is 14.0 Å². The summed E-state index contributed by atoms with van der Waals surface area (Å²) < 4.78 is 77.3. The summed E-state index contributed by atoms with van der Waals surface area (Å²) in [7, 11) is 3.03. The van der Waals surface area contributed by atoms with Gasteiger partial charge in [0.2, 0.25) is 0 Å². The fourth-order valence-electron chi connectivity index (χ4n) is 8.63. The van der Waals surface area contributed by atoms with E-state index in [0.29, 0.717) is 19.6 Å². The summed E-state index contributed by atoms with van der Waals surface area (Å²) in [6.07, 6.45) is -3.77. The van der Waals surface area contributed by atoms with Crippen molar-refractivity contribution in [1.29, 1.82) is 0 Å². The van der Waals surface area contributed by atoms with Gasteiger partial charge in [-0.3, -0.25) is 9.59 Å². The third-order valence-electron chi connectivity index (χ3n) is 12.1. The van der Waals surface area contributed by atoms with Crippen LogP contribution >= 0.6 is 0 Å². The lowest BCUT2D eigenvalue weighted by molar-refractivity contribution is -0.397. The van der Waals surface area contributed by atoms with Crippen molar-refractivity contribution in [2.24, 2.45) is 0 Å². The zero-order valence-electron chi connectivity index (χ0n) is 38.8. The number of hydrogen-bond acceptors (Lipinski definition) is 14. The van der Waals surface area contributed by atoms with Gasteiger partial charge in [0.1, 0.15) is 36.6 Å². The summed E-state index contributed by atoms with van der Waals surface area (Å²) in [6, 6.07) is 39.2. The van der Waals surface area contributed by atoms with Gasteiger partial charge in [0.05, 0.1) is 40.1 Å². The van der Waals surface area contributed by atoms with E-state index in [4.69, 9.17) is 56.8 Å². The quantitative estimate of drug-likeness (QED) is 0.0465. The summed E-state index contributed by atoms with van der Waals surface area (Å²) in [6.45, 7) is 2.78. The van der Waals surface area contributed by atoms with Crippen LogP contribution in [0, 0.1) is 0 Å². The molecule has 4 aromatic carbocycles. The normalized spacial score (nSPS) is 27.2. The van der Waals surface area contributed by atoms with Crippen LogP contribution in [0.2, 0.25) is 0 Å². The van der Waals surface area contributed by atoms with Gasteiger partial charge in [-0.25, -0.2) is 0 Å². The van der Waals surface area contributed by atoms with Gasteiger partial charge in [0, 0.05) is 32.6 Å². The maximum atomic E-state index is 13.1. The molecular formula is C53H66O14. The SMILES string of the molecule is COC(=O)CCCCCCCCO[C@H]1O[C@@H]2COC(c3ccccc3)O[C@H]2[C@H](OC(C)=O)[C@H]1O[C@H]1O[C@H](COCc2ccccc2)[C@@H](OCc2ccccc2)[C@H](OC)[C@H]1OCc1ccccc1. The topological polar surface area (TPSA) is 145 Å². The Kier molecular flexibility index (Phi) is 20.1. The lowest BCUT2D eigenvalue weighted by atomic mass is 9.95. The number of benzene rings is 4. The summed E-state index contributed by atoms with van der Waals surface area (Å²) in [5, 5.41) is 0. The molecule has 0 amide bonds. The predicted molar refractivity (Wildman–Crippen MR) is 245 cm³/mol. The van der Waals surface area contributed by atoms with E-state index in [1.54, 1.807) is 7.11 Å². The van der Waals surface area contributed by atoms with Crippen LogP contribution in [0.1, 0.15) is 80.4 Å². The monoisotopic (exact) mass is 926 g/mol. The number of carbonyl (C=O) groups is 2. The number of fused-ring (bicyclic) bond motifs is 1. The van der Waals surface area contributed by atoms with Crippen LogP contribution in [0.3, 0.4) is 0 Å². The minimum absolute atomic E-state index is 0.126. The minimum Gasteiger partial charge on any atom is -0.469 e. The molecule has 3 aliphatic heterocycles. The second-order valence-corrected chi connectivity index (χ2v) is 17.0. The van der Waals surface area contributed by atoms with Crippen LogP contribution < -0.4 is 0 Å². The van der Waals surface area contributed by atoms with Crippen LogP contribution in [-0.4, -0.2) is 107 Å². The Labute approximate surface area is 394 Å². The van der Waals surface area contributed by atoms with Crippen molar-refractivity contribution in [2.45, 2.75) is 139 Å². The van der Waals surface area contributed by atoms with Crippen LogP contribution in [0.4, 0.5) is 0 Å². The third kappa shape index (κ3) is 15.0. The van der Waals surface area contributed by atoms with Gasteiger partial charge in [0.15, 0.2) is 31.1 Å². The molecule has 0 aromatic heterocycles. The van der Waals surface area contributed by atoms with Gasteiger partial charge in [-0.05, 0) is 29.5 Å². The van der Waals surface area contributed by atoms with Gasteiger partial charge in [0.25, 0.3) is 0 Å². The molecule has 0 spiro atoms. The van der Waals surface area contributed by atoms with E-state index in [-0.39, 0.29) is 32.4 Å². The smallest absolute Gasteiger partial charge is 0.305 e. The molecule has 3 aliphatic rings. The highest BCUT2D eigenvalue weighted by molar-refractivity contribution is 5.69. The Morgan fingerprint density at radius 2 is 1.16 bits per heavy atom. The highest BCUT2D eigenvalue weighted by atomic mass is 16.8. The van der Waals surface area contributed by atoms with Crippen molar-refractivity contribution < 1.29 is 66.4 Å². The largest absolute Gasteiger partial charge is 0.469 e. The maximum absolute atomic E-state index is 13.1. The first-order valence-electron chi connectivity index (χ1n) is 23.5. The van der Waals surface area contributed by atoms with E-state index < -0.39 is 73.7 Å². The first-order chi connectivity index (χ1) is 32.9. The second kappa shape index (κ2) is 26.8. The second-order valence-electron chi connectivity index (χ2n) is 17.0. The van der Waals surface area contributed by atoms with Crippen molar-refractivity contribution in [3.8, 4) is 0 Å². The van der Waals surface area contributed by atoms with Crippen LogP contribution in [0.25, 0.3) is 0 Å². The molecule has 4 aromatic rings. The number of esters is 2. The molecule has 1 unspecified atom stereocenters. The fourth-order valence-corrected chi connectivity index (χ4v) is 8.63. The van der Waals surface area contributed by atoms with E-state index in [2.05, 4.69) is 0 Å². The lowest BCUT2D eigenvalue weighted by Gasteiger charge is -2.51. The van der Waals surface area contributed by atoms with Crippen molar-refractivity contribution in [2.75, 3.05) is 34.0 Å². The lowest BCUT2D eigenvalue weighted by Crippen LogP contribution is -2.67. The Bertz CT molecular complexity index is 2010. The van der Waals surface area contributed by atoms with Gasteiger partial charge in [-0.1, -0.05) is 147 Å². The molecule has 3 saturated heterocycles. The molecular weight excluding hydrogens is 861 g/mol. The molecule has 3 fully saturated rings. The highest BCUT2D eigenvalue weighted by Crippen LogP contribution is 2.39. The number of unbranched alkanes of at least 4 members (excludes halogenated alkanes) is 5. The van der Waals surface area contributed by atoms with Crippen LogP contribution in [-0.2, 0) is 86.3 Å². The molecule has 11 atom stereocenters. The van der Waals surface area contributed by atoms with E-state index >= 15 is 0 Å². The summed E-state index contributed by atoms with van der Waals surface area (Å²) in [5.74, 6) is -0.723. The molecule has 67 heavy (non-hydrogen) atoms. The number of methoxy groups -OCH3 is 2. The number of hydrogen-bond donors (Lipinski definition) is 0. The zero-order valence-corrected chi connectivity index (χ0v) is 38.8. The molecule has 0 aliphatic carbocycles. The predicted octanol–water partition coefficient (Wildman–Crippen LogP) is 8.19. The third-order valence-corrected chi connectivity index (χ3v) is 12.1. The number of ether oxygens (including phenoxy) is 12. The molecule has 3 heterocycles. The molecule has 14 heteroatoms. The number of carbonyl (C=O) groups excluding carboxylic acids is 2. The summed E-state index contributed by atoms with van der Waals surface area (Å²) in [4.78, 5) is 24.6. The highest BCUT2D eigenvalue weighted by Gasteiger charge is 2.56. The minimum atomic E-state index is -1.14. The van der Waals surface area contributed by atoms with Crippen LogP contribution in [0.15, 0.2) is 121 Å². The molecule has 0 saturated carbocycles. The molecule has 0 radical (unpaired) electrons. The Morgan fingerprint density at radius 3 is 1.78 bits per heavy atom. The molecule has 14 nitrogen and oxygen atoms in total. The Balaban J connectivity index is 1.16. The van der Waals surface area contributed by atoms with Crippen molar-refractivity contribution in [3.05, 3.63) is 144 Å². The van der Waals surface area contributed by atoms with Crippen molar-refractivity contribution in [1.82, 2.24) is 0 Å². The van der Waals surface area contributed by atoms with E-state index in [9.17, 15) is 9.59 Å². The molecule has 0 bridgehead atoms. The average Bonchev–Trinajstić information content (AvgIpc) is 3.36. The Hall–Kier alpha value is -4.58. The molecule has 0 N–H and O–H groups in total. The fraction of sp³-hybridized carbons (Fsp3) is 0.509. The van der Waals surface area contributed by atoms with Gasteiger partial charge >= 0.3 is 11.9 Å². The van der Waals surface area contributed by atoms with Gasteiger partial charge < -0.3 is 56.8 Å². The molecule has 362 valence electrons.